The summed E-state index contributed by atoms with van der Waals surface area (Å²) in [4.78, 5) is 14.0. The first-order valence-corrected chi connectivity index (χ1v) is 13.9. The monoisotopic (exact) mass is 470 g/mol. The minimum absolute atomic E-state index is 0.204. The van der Waals surface area contributed by atoms with Crippen LogP contribution in [0, 0.1) is 23.2 Å². The molecule has 0 aromatic heterocycles. The second-order valence-corrected chi connectivity index (χ2v) is 14.7. The van der Waals surface area contributed by atoms with E-state index in [0.29, 0.717) is 17.8 Å². The zero-order valence-electron chi connectivity index (χ0n) is 20.6. The summed E-state index contributed by atoms with van der Waals surface area (Å²) in [5.74, 6) is 2.37. The predicted octanol–water partition coefficient (Wildman–Crippen LogP) is 4.81. The summed E-state index contributed by atoms with van der Waals surface area (Å²) in [6.07, 6.45) is 9.60. The smallest absolute Gasteiger partial charge is 0.241 e. The van der Waals surface area contributed by atoms with Crippen LogP contribution in [-0.4, -0.2) is 25.3 Å². The fourth-order valence-corrected chi connectivity index (χ4v) is 8.80. The van der Waals surface area contributed by atoms with E-state index in [0.717, 1.165) is 42.5 Å². The van der Waals surface area contributed by atoms with E-state index in [1.165, 1.54) is 19.3 Å². The molecule has 4 saturated carbocycles. The lowest BCUT2D eigenvalue weighted by molar-refractivity contribution is -0.138. The first kappa shape index (κ1) is 23.1. The molecule has 0 spiro atoms. The zero-order valence-corrected chi connectivity index (χ0v) is 21.4. The van der Waals surface area contributed by atoms with E-state index in [1.807, 2.05) is 32.9 Å². The predicted molar refractivity (Wildman–Crippen MR) is 131 cm³/mol. The molecule has 4 fully saturated rings. The fraction of sp³-hybridized carbons (Fsp3) is 0.667. The zero-order chi connectivity index (χ0) is 23.8. The van der Waals surface area contributed by atoms with Gasteiger partial charge in [-0.2, -0.15) is 0 Å². The molecule has 180 valence electrons. The number of ketones is 1. The maximum atomic E-state index is 13.8. The third-order valence-corrected chi connectivity index (χ3v) is 9.82. The molecular weight excluding hydrogens is 432 g/mol. The molecule has 0 saturated heterocycles. The largest absolute Gasteiger partial charge is 0.379 e. The van der Waals surface area contributed by atoms with Crippen LogP contribution in [-0.2, 0) is 21.2 Å². The van der Waals surface area contributed by atoms with Gasteiger partial charge in [0.05, 0.1) is 4.90 Å². The maximum Gasteiger partial charge on any atom is 0.241 e. The molecule has 1 aromatic rings. The van der Waals surface area contributed by atoms with Crippen molar-refractivity contribution in [3.8, 4) is 0 Å². The van der Waals surface area contributed by atoms with Crippen molar-refractivity contribution in [2.75, 3.05) is 0 Å². The van der Waals surface area contributed by atoms with E-state index in [2.05, 4.69) is 23.9 Å². The highest BCUT2D eigenvalue weighted by atomic mass is 32.2. The number of hydrogen-bond acceptors (Lipinski definition) is 4. The Kier molecular flexibility index (Phi) is 5.19. The molecule has 0 atom stereocenters. The Morgan fingerprint density at radius 3 is 2.18 bits per heavy atom. The Morgan fingerprint density at radius 1 is 1.06 bits per heavy atom. The van der Waals surface area contributed by atoms with E-state index < -0.39 is 15.6 Å². The van der Waals surface area contributed by atoms with Crippen molar-refractivity contribution in [3.05, 3.63) is 35.4 Å². The van der Waals surface area contributed by atoms with Crippen molar-refractivity contribution < 1.29 is 13.2 Å². The Balaban J connectivity index is 1.52. The van der Waals surface area contributed by atoms with Gasteiger partial charge in [-0.3, -0.25) is 4.79 Å². The molecule has 0 radical (unpaired) electrons. The molecule has 1 aromatic carbocycles. The van der Waals surface area contributed by atoms with Crippen LogP contribution in [0.2, 0.25) is 0 Å². The van der Waals surface area contributed by atoms with Gasteiger partial charge in [0, 0.05) is 33.8 Å². The molecule has 5 nitrogen and oxygen atoms in total. The fourth-order valence-electron chi connectivity index (χ4n) is 7.35. The normalized spacial score (nSPS) is 33.6. The molecule has 4 bridgehead atoms. The minimum atomic E-state index is -3.66. The summed E-state index contributed by atoms with van der Waals surface area (Å²) >= 11 is 0. The standard InChI is InChI=1S/C27H38N2O3S/c1-25(2,3)29-33(31,32)21-7-6-20-16-26(4,5)28-23(22(20)11-21)12-24(30)27-13-17-8-18(14-27)10-19(9-17)15-27/h6-7,11-12,17-19,28-29H,8-10,13-16H2,1-5H3. The Bertz CT molecular complexity index is 1090. The molecule has 6 heteroatoms. The van der Waals surface area contributed by atoms with E-state index in [9.17, 15) is 13.2 Å². The Hall–Kier alpha value is -1.66. The summed E-state index contributed by atoms with van der Waals surface area (Å²) in [6, 6.07) is 5.34. The highest BCUT2D eigenvalue weighted by molar-refractivity contribution is 7.89. The average molecular weight is 471 g/mol. The number of nitrogens with one attached hydrogen (secondary N) is 2. The second kappa shape index (κ2) is 7.42. The van der Waals surface area contributed by atoms with Crippen LogP contribution in [0.25, 0.3) is 5.70 Å². The molecule has 0 unspecified atom stereocenters. The van der Waals surface area contributed by atoms with E-state index in [1.54, 1.807) is 12.1 Å². The molecule has 0 amide bonds. The lowest BCUT2D eigenvalue weighted by atomic mass is 9.48. The van der Waals surface area contributed by atoms with Crippen LogP contribution < -0.4 is 10.0 Å². The van der Waals surface area contributed by atoms with Crippen LogP contribution >= 0.6 is 0 Å². The van der Waals surface area contributed by atoms with Gasteiger partial charge in [0.1, 0.15) is 0 Å². The van der Waals surface area contributed by atoms with Gasteiger partial charge < -0.3 is 5.32 Å². The molecule has 6 rings (SSSR count). The van der Waals surface area contributed by atoms with Gasteiger partial charge in [-0.25, -0.2) is 13.1 Å². The van der Waals surface area contributed by atoms with Crippen LogP contribution in [0.5, 0.6) is 0 Å². The second-order valence-electron chi connectivity index (χ2n) is 13.0. The molecule has 4 aliphatic carbocycles. The quantitative estimate of drug-likeness (QED) is 0.619. The first-order chi connectivity index (χ1) is 15.2. The summed E-state index contributed by atoms with van der Waals surface area (Å²) in [6.45, 7) is 9.77. The summed E-state index contributed by atoms with van der Waals surface area (Å²) in [5.41, 5.74) is 1.71. The van der Waals surface area contributed by atoms with Gasteiger partial charge in [-0.1, -0.05) is 6.07 Å². The van der Waals surface area contributed by atoms with Gasteiger partial charge in [0.15, 0.2) is 5.78 Å². The van der Waals surface area contributed by atoms with Crippen molar-refractivity contribution in [2.24, 2.45) is 23.2 Å². The maximum absolute atomic E-state index is 13.8. The highest BCUT2D eigenvalue weighted by Gasteiger charge is 2.54. The van der Waals surface area contributed by atoms with E-state index in [-0.39, 0.29) is 21.6 Å². The molecule has 1 heterocycles. The average Bonchev–Trinajstić information content (AvgIpc) is 2.63. The number of fused-ring (bicyclic) bond motifs is 1. The van der Waals surface area contributed by atoms with E-state index in [4.69, 9.17) is 0 Å². The van der Waals surface area contributed by atoms with Gasteiger partial charge >= 0.3 is 0 Å². The van der Waals surface area contributed by atoms with Crippen LogP contribution in [0.4, 0.5) is 0 Å². The third kappa shape index (κ3) is 4.41. The van der Waals surface area contributed by atoms with Crippen LogP contribution in [0.1, 0.15) is 84.3 Å². The lowest BCUT2D eigenvalue weighted by Gasteiger charge is -2.55. The molecule has 5 aliphatic rings. The van der Waals surface area contributed by atoms with Crippen LogP contribution in [0.3, 0.4) is 0 Å². The van der Waals surface area contributed by atoms with E-state index >= 15 is 0 Å². The Morgan fingerprint density at radius 2 is 1.64 bits per heavy atom. The van der Waals surface area contributed by atoms with Crippen molar-refractivity contribution in [1.82, 2.24) is 10.0 Å². The van der Waals surface area contributed by atoms with Crippen molar-refractivity contribution in [1.29, 1.82) is 0 Å². The summed E-state index contributed by atoms with van der Waals surface area (Å²) in [7, 11) is -3.66. The van der Waals surface area contributed by atoms with Gasteiger partial charge in [0.2, 0.25) is 10.0 Å². The van der Waals surface area contributed by atoms with Crippen molar-refractivity contribution >= 4 is 21.5 Å². The number of hydrogen-bond donors (Lipinski definition) is 2. The van der Waals surface area contributed by atoms with Gasteiger partial charge in [-0.05, 0) is 115 Å². The van der Waals surface area contributed by atoms with Crippen molar-refractivity contribution in [3.63, 3.8) is 0 Å². The highest BCUT2D eigenvalue weighted by Crippen LogP contribution is 2.60. The van der Waals surface area contributed by atoms with Gasteiger partial charge in [0.25, 0.3) is 0 Å². The number of rotatable bonds is 4. The topological polar surface area (TPSA) is 75.3 Å². The molecule has 1 aliphatic heterocycles. The Labute approximate surface area is 198 Å². The number of carbonyl (C=O) groups is 1. The lowest BCUT2D eigenvalue weighted by Crippen LogP contribution is -2.50. The van der Waals surface area contributed by atoms with Gasteiger partial charge in [-0.15, -0.1) is 0 Å². The molecular formula is C27H38N2O3S. The first-order valence-electron chi connectivity index (χ1n) is 12.5. The number of sulfonamides is 1. The molecule has 33 heavy (non-hydrogen) atoms. The summed E-state index contributed by atoms with van der Waals surface area (Å²) < 4.78 is 28.7. The number of benzene rings is 1. The number of allylic oxidation sites excluding steroid dienone is 1. The number of carbonyl (C=O) groups excluding carboxylic acids is 1. The van der Waals surface area contributed by atoms with Crippen LogP contribution in [0.15, 0.2) is 29.2 Å². The minimum Gasteiger partial charge on any atom is -0.379 e. The molecule has 2 N–H and O–H groups in total. The SMILES string of the molecule is CC(C)(C)NS(=O)(=O)c1ccc2c(c1)C(=CC(=O)C13CC4CC(CC(C4)C1)C3)NC(C)(C)C2. The third-order valence-electron chi connectivity index (χ3n) is 8.06. The summed E-state index contributed by atoms with van der Waals surface area (Å²) in [5, 5.41) is 3.56. The van der Waals surface area contributed by atoms with Crippen molar-refractivity contribution in [2.45, 2.75) is 95.5 Å².